The first-order valence-electron chi connectivity index (χ1n) is 4.99. The van der Waals surface area contributed by atoms with E-state index in [9.17, 15) is 0 Å². The summed E-state index contributed by atoms with van der Waals surface area (Å²) in [6.45, 7) is 8.14. The molecule has 0 aromatic rings. The van der Waals surface area contributed by atoms with Gasteiger partial charge in [0.1, 0.15) is 0 Å². The largest absolute Gasteiger partial charge is 0.357 e. The molecule has 1 saturated carbocycles. The van der Waals surface area contributed by atoms with E-state index in [1.807, 2.05) is 0 Å². The minimum Gasteiger partial charge on any atom is -0.357 e. The van der Waals surface area contributed by atoms with Crippen LogP contribution in [0.1, 0.15) is 40.0 Å². The van der Waals surface area contributed by atoms with Gasteiger partial charge in [-0.25, -0.2) is 0 Å². The molecule has 1 rings (SSSR count). The molecule has 6 N–H and O–H groups in total. The van der Waals surface area contributed by atoms with Crippen LogP contribution < -0.4 is 11.5 Å². The quantitative estimate of drug-likeness (QED) is 0.562. The van der Waals surface area contributed by atoms with E-state index in [-0.39, 0.29) is 0 Å². The molecular formula is C10H24N2+2. The summed E-state index contributed by atoms with van der Waals surface area (Å²) in [6, 6.07) is 0.639. The molecule has 72 valence electrons. The van der Waals surface area contributed by atoms with E-state index < -0.39 is 0 Å². The molecule has 0 amide bonds. The Labute approximate surface area is 75.7 Å². The predicted octanol–water partition coefficient (Wildman–Crippen LogP) is 0.0552. The third kappa shape index (κ3) is 2.20. The van der Waals surface area contributed by atoms with E-state index in [2.05, 4.69) is 32.2 Å². The van der Waals surface area contributed by atoms with Gasteiger partial charge in [-0.05, 0) is 11.8 Å². The maximum absolute atomic E-state index is 4.21. The Hall–Kier alpha value is -0.0800. The van der Waals surface area contributed by atoms with Crippen molar-refractivity contribution in [3.05, 3.63) is 0 Å². The summed E-state index contributed by atoms with van der Waals surface area (Å²) < 4.78 is 0. The summed E-state index contributed by atoms with van der Waals surface area (Å²) in [6.07, 6.45) is 3.86. The number of rotatable bonds is 1. The second kappa shape index (κ2) is 3.00. The highest BCUT2D eigenvalue weighted by Crippen LogP contribution is 2.43. The minimum atomic E-state index is 0.453. The van der Waals surface area contributed by atoms with Crippen LogP contribution in [0.3, 0.4) is 0 Å². The Bertz CT molecular complexity index is 165. The fourth-order valence-corrected chi connectivity index (χ4v) is 3.04. The third-order valence-electron chi connectivity index (χ3n) is 3.13. The van der Waals surface area contributed by atoms with Gasteiger partial charge in [-0.1, -0.05) is 20.8 Å². The molecule has 2 nitrogen and oxygen atoms in total. The van der Waals surface area contributed by atoms with Crippen LogP contribution in [-0.2, 0) is 0 Å². The molecule has 0 aromatic heterocycles. The Morgan fingerprint density at radius 1 is 1.25 bits per heavy atom. The van der Waals surface area contributed by atoms with Crippen molar-refractivity contribution in [3.63, 3.8) is 0 Å². The summed E-state index contributed by atoms with van der Waals surface area (Å²) in [5.74, 6) is 0. The molecule has 0 spiro atoms. The molecular weight excluding hydrogens is 148 g/mol. The molecule has 0 aliphatic heterocycles. The molecule has 0 unspecified atom stereocenters. The molecule has 0 heterocycles. The lowest BCUT2D eigenvalue weighted by Gasteiger charge is -2.42. The van der Waals surface area contributed by atoms with Crippen LogP contribution in [-0.4, -0.2) is 12.6 Å². The van der Waals surface area contributed by atoms with Gasteiger partial charge in [0, 0.05) is 18.3 Å². The maximum Gasteiger partial charge on any atom is 0.0856 e. The van der Waals surface area contributed by atoms with Crippen molar-refractivity contribution in [3.8, 4) is 0 Å². The molecule has 1 aliphatic rings. The van der Waals surface area contributed by atoms with Crippen LogP contribution in [0.25, 0.3) is 0 Å². The lowest BCUT2D eigenvalue weighted by molar-refractivity contribution is -0.451. The van der Waals surface area contributed by atoms with Gasteiger partial charge in [-0.3, -0.25) is 0 Å². The Balaban J connectivity index is 2.70. The third-order valence-corrected chi connectivity index (χ3v) is 3.13. The average molecular weight is 172 g/mol. The first-order valence-corrected chi connectivity index (χ1v) is 4.99. The molecule has 0 aromatic carbocycles. The standard InChI is InChI=1S/C10H22N2/c1-9(2)4-8(12)5-10(3,6-9)7-11/h8H,4-7,11-12H2,1-3H3/p+2/t8-,10+/m0/s1. The van der Waals surface area contributed by atoms with Crippen molar-refractivity contribution < 1.29 is 11.5 Å². The van der Waals surface area contributed by atoms with Crippen LogP contribution in [0.2, 0.25) is 0 Å². The molecule has 2 heteroatoms. The first-order chi connectivity index (χ1) is 5.37. The Morgan fingerprint density at radius 2 is 1.83 bits per heavy atom. The van der Waals surface area contributed by atoms with E-state index in [0.717, 1.165) is 6.54 Å². The Kier molecular flexibility index (Phi) is 2.50. The fourth-order valence-electron chi connectivity index (χ4n) is 3.04. The van der Waals surface area contributed by atoms with Crippen molar-refractivity contribution >= 4 is 0 Å². The normalized spacial score (nSPS) is 41.2. The minimum absolute atomic E-state index is 0.453. The van der Waals surface area contributed by atoms with Crippen molar-refractivity contribution in [1.29, 1.82) is 0 Å². The van der Waals surface area contributed by atoms with Crippen molar-refractivity contribution in [2.75, 3.05) is 6.54 Å². The molecule has 1 aliphatic carbocycles. The summed E-state index contributed by atoms with van der Waals surface area (Å²) >= 11 is 0. The second-order valence-corrected chi connectivity index (χ2v) is 5.68. The van der Waals surface area contributed by atoms with Gasteiger partial charge in [0.05, 0.1) is 12.6 Å². The fraction of sp³-hybridized carbons (Fsp3) is 1.00. The molecule has 2 atom stereocenters. The highest BCUT2D eigenvalue weighted by molar-refractivity contribution is 4.90. The number of hydrogen-bond acceptors (Lipinski definition) is 0. The van der Waals surface area contributed by atoms with Crippen LogP contribution in [0.5, 0.6) is 0 Å². The number of hydrogen-bond donors (Lipinski definition) is 2. The SMILES string of the molecule is CC1(C)C[C@H]([NH3+])C[C@@](C)(C[NH3+])C1. The summed E-state index contributed by atoms with van der Waals surface area (Å²) in [4.78, 5) is 0. The highest BCUT2D eigenvalue weighted by Gasteiger charge is 2.41. The van der Waals surface area contributed by atoms with Crippen LogP contribution in [0.15, 0.2) is 0 Å². The van der Waals surface area contributed by atoms with Crippen molar-refractivity contribution in [1.82, 2.24) is 0 Å². The van der Waals surface area contributed by atoms with Crippen molar-refractivity contribution in [2.24, 2.45) is 10.8 Å². The highest BCUT2D eigenvalue weighted by atomic mass is 14.7. The predicted molar refractivity (Wildman–Crippen MR) is 50.2 cm³/mol. The second-order valence-electron chi connectivity index (χ2n) is 5.68. The molecule has 0 saturated heterocycles. The molecule has 12 heavy (non-hydrogen) atoms. The van der Waals surface area contributed by atoms with Gasteiger partial charge in [-0.2, -0.15) is 0 Å². The maximum atomic E-state index is 4.21. The topological polar surface area (TPSA) is 55.3 Å². The zero-order valence-corrected chi connectivity index (χ0v) is 8.82. The van der Waals surface area contributed by atoms with Crippen LogP contribution in [0, 0.1) is 10.8 Å². The van der Waals surface area contributed by atoms with E-state index in [1.165, 1.54) is 19.3 Å². The molecule has 0 radical (unpaired) electrons. The van der Waals surface area contributed by atoms with Gasteiger partial charge in [0.25, 0.3) is 0 Å². The lowest BCUT2D eigenvalue weighted by atomic mass is 9.63. The van der Waals surface area contributed by atoms with Crippen LogP contribution >= 0.6 is 0 Å². The average Bonchev–Trinajstić information content (AvgIpc) is 1.82. The summed E-state index contributed by atoms with van der Waals surface area (Å²) in [5.41, 5.74) is 9.20. The van der Waals surface area contributed by atoms with Crippen molar-refractivity contribution in [2.45, 2.75) is 46.1 Å². The van der Waals surface area contributed by atoms with Gasteiger partial charge in [0.2, 0.25) is 0 Å². The van der Waals surface area contributed by atoms with E-state index in [0.29, 0.717) is 16.9 Å². The first kappa shape index (κ1) is 10.0. The van der Waals surface area contributed by atoms with E-state index in [1.54, 1.807) is 0 Å². The van der Waals surface area contributed by atoms with E-state index in [4.69, 9.17) is 0 Å². The number of quaternary nitrogens is 2. The monoisotopic (exact) mass is 172 g/mol. The summed E-state index contributed by atoms with van der Waals surface area (Å²) in [7, 11) is 0. The van der Waals surface area contributed by atoms with Gasteiger partial charge < -0.3 is 11.5 Å². The molecule has 0 bridgehead atoms. The van der Waals surface area contributed by atoms with Crippen LogP contribution in [0.4, 0.5) is 0 Å². The summed E-state index contributed by atoms with van der Waals surface area (Å²) in [5, 5.41) is 0. The molecule has 1 fully saturated rings. The lowest BCUT2D eigenvalue weighted by Crippen LogP contribution is -2.69. The zero-order chi connectivity index (χ0) is 9.41. The van der Waals surface area contributed by atoms with Gasteiger partial charge in [-0.15, -0.1) is 0 Å². The smallest absolute Gasteiger partial charge is 0.0856 e. The Morgan fingerprint density at radius 3 is 2.25 bits per heavy atom. The zero-order valence-electron chi connectivity index (χ0n) is 8.82. The van der Waals surface area contributed by atoms with Gasteiger partial charge >= 0.3 is 0 Å². The van der Waals surface area contributed by atoms with E-state index >= 15 is 0 Å². The van der Waals surface area contributed by atoms with Gasteiger partial charge in [0.15, 0.2) is 0 Å².